The lowest BCUT2D eigenvalue weighted by atomic mass is 9.96. The molecule has 21 heteroatoms. The van der Waals surface area contributed by atoms with Gasteiger partial charge in [0.1, 0.15) is 36.6 Å². The molecule has 2 amide bonds. The molecule has 0 aromatic carbocycles. The number of rotatable bonds is 75. The van der Waals surface area contributed by atoms with E-state index in [1.165, 1.54) is 122 Å². The molecular formula is C86H166N3O17P. The minimum Gasteiger partial charge on any atom is -0.462 e. The van der Waals surface area contributed by atoms with Gasteiger partial charge < -0.3 is 58.8 Å². The molecule has 20 nitrogen and oxygen atoms in total. The summed E-state index contributed by atoms with van der Waals surface area (Å²) in [5, 5.41) is 16.6. The summed E-state index contributed by atoms with van der Waals surface area (Å²) < 4.78 is 55.2. The van der Waals surface area contributed by atoms with Crippen molar-refractivity contribution in [2.45, 2.75) is 477 Å². The molecule has 0 bridgehead atoms. The highest BCUT2D eigenvalue weighted by molar-refractivity contribution is 7.46. The summed E-state index contributed by atoms with van der Waals surface area (Å²) in [5.41, 5.74) is 0. The van der Waals surface area contributed by atoms with Gasteiger partial charge in [0.2, 0.25) is 11.8 Å². The van der Waals surface area contributed by atoms with E-state index in [9.17, 15) is 48.2 Å². The van der Waals surface area contributed by atoms with Crippen LogP contribution in [0.5, 0.6) is 0 Å². The van der Waals surface area contributed by atoms with Crippen LogP contribution in [0.3, 0.4) is 0 Å². The lowest BCUT2D eigenvalue weighted by molar-refractivity contribution is -0.270. The Morgan fingerprint density at radius 2 is 0.692 bits per heavy atom. The number of ether oxygens (including phenoxy) is 6. The maximum absolute atomic E-state index is 14.7. The molecule has 0 spiro atoms. The van der Waals surface area contributed by atoms with Crippen LogP contribution in [-0.2, 0) is 66.3 Å². The first-order valence-corrected chi connectivity index (χ1v) is 46.1. The highest BCUT2D eigenvalue weighted by Crippen LogP contribution is 2.42. The fourth-order valence-corrected chi connectivity index (χ4v) is 14.6. The molecule has 1 saturated heterocycles. The molecule has 0 unspecified atom stereocenters. The second-order valence-electron chi connectivity index (χ2n) is 30.6. The number of aliphatic hydroxyl groups is 1. The molecule has 8 atom stereocenters. The van der Waals surface area contributed by atoms with Crippen LogP contribution < -0.4 is 10.6 Å². The van der Waals surface area contributed by atoms with Gasteiger partial charge in [0, 0.05) is 25.8 Å². The summed E-state index contributed by atoms with van der Waals surface area (Å²) in [6, 6.07) is -1.57. The number of phosphoric acid groups is 1. The van der Waals surface area contributed by atoms with Crippen molar-refractivity contribution < 1.29 is 81.2 Å². The predicted octanol–water partition coefficient (Wildman–Crippen LogP) is 21.1. The molecule has 1 fully saturated rings. The van der Waals surface area contributed by atoms with E-state index in [1.807, 2.05) is 0 Å². The number of nitrogens with one attached hydrogen (secondary N) is 2. The van der Waals surface area contributed by atoms with Gasteiger partial charge in [-0.2, -0.15) is 0 Å². The van der Waals surface area contributed by atoms with E-state index in [0.29, 0.717) is 44.9 Å². The van der Waals surface area contributed by atoms with Crippen molar-refractivity contribution in [1.82, 2.24) is 15.5 Å². The Morgan fingerprint density at radius 3 is 0.991 bits per heavy atom. The number of unbranched alkanes of at least 4 members (excludes halogenated alkanes) is 42. The van der Waals surface area contributed by atoms with Gasteiger partial charge in [-0.3, -0.25) is 33.3 Å². The minimum absolute atomic E-state index is 0.0806. The highest BCUT2D eigenvalue weighted by Gasteiger charge is 2.52. The lowest BCUT2D eigenvalue weighted by Gasteiger charge is -2.45. The molecule has 1 aliphatic rings. The van der Waals surface area contributed by atoms with Gasteiger partial charge in [-0.25, -0.2) is 4.57 Å². The molecule has 5 N–H and O–H groups in total. The fourth-order valence-electron chi connectivity index (χ4n) is 14.0. The van der Waals surface area contributed by atoms with Gasteiger partial charge in [-0.1, -0.05) is 332 Å². The van der Waals surface area contributed by atoms with E-state index in [0.717, 1.165) is 180 Å². The van der Waals surface area contributed by atoms with Crippen molar-refractivity contribution in [2.75, 3.05) is 39.4 Å². The molecule has 632 valence electrons. The van der Waals surface area contributed by atoms with Gasteiger partial charge in [-0.15, -0.1) is 0 Å². The third-order valence-corrected chi connectivity index (χ3v) is 21.2. The maximum Gasteiger partial charge on any atom is 0.470 e. The van der Waals surface area contributed by atoms with Gasteiger partial charge in [0.05, 0.1) is 32.5 Å². The van der Waals surface area contributed by atoms with Crippen LogP contribution in [0.4, 0.5) is 0 Å². The number of esters is 4. The topological polar surface area (TPSA) is 272 Å². The number of hydrogen-bond acceptors (Lipinski definition) is 16. The summed E-state index contributed by atoms with van der Waals surface area (Å²) in [5.74, 6) is -3.20. The average molecular weight is 1550 g/mol. The van der Waals surface area contributed by atoms with Crippen molar-refractivity contribution >= 4 is 43.5 Å². The summed E-state index contributed by atoms with van der Waals surface area (Å²) in [6.07, 6.45) is 42.2. The number of carbonyl (C=O) groups is 6. The first kappa shape index (κ1) is 104. The van der Waals surface area contributed by atoms with Crippen LogP contribution in [-0.4, -0.2) is 144 Å². The second-order valence-corrected chi connectivity index (χ2v) is 31.8. The molecule has 1 rings (SSSR count). The van der Waals surface area contributed by atoms with Crippen LogP contribution in [0.2, 0.25) is 0 Å². The average Bonchev–Trinajstić information content (AvgIpc) is 0.781. The standard InChI is InChI=1S/C80H151N2O17P.C6H15N/c1-7-13-19-25-31-34-40-43-49-55-67(94-73(86)58-52-46-37-28-22-16-10-4)63-71(84)81-61-62-93-80-77(82-72(85)64-68(56-50-44-41-35-32-26-20-14-8-2)95-74(87)59-53-47-38-29-23-17-11-5)79(78(70(66-83)97-80)99-100(90,91)92)98-76(89)65-69(57-51-45-42-36-33-27-21-15-9-3)96-75(88)60-54-48-39-30-24-18-12-6;1-4-7(5-2)6-3/h67-70,77-80,83H,7-66H2,1-6H3,(H,81,84)(H,82,85)(H2,90,91,92);4-6H2,1-3H3/t67-,68-,69-,70-,77-,78-,79-,80-;/m1./s1. The van der Waals surface area contributed by atoms with Crippen molar-refractivity contribution in [3.05, 3.63) is 0 Å². The summed E-state index contributed by atoms with van der Waals surface area (Å²) >= 11 is 0. The van der Waals surface area contributed by atoms with E-state index in [4.69, 9.17) is 32.9 Å². The van der Waals surface area contributed by atoms with Gasteiger partial charge in [-0.05, 0) is 77.4 Å². The lowest BCUT2D eigenvalue weighted by Crippen LogP contribution is -2.66. The predicted molar refractivity (Wildman–Crippen MR) is 434 cm³/mol. The monoisotopic (exact) mass is 1540 g/mol. The Morgan fingerprint density at radius 1 is 0.393 bits per heavy atom. The number of nitrogens with zero attached hydrogens (tertiary/aromatic N) is 1. The van der Waals surface area contributed by atoms with Crippen molar-refractivity contribution in [2.24, 2.45) is 0 Å². The largest absolute Gasteiger partial charge is 0.470 e. The third-order valence-electron chi connectivity index (χ3n) is 20.7. The maximum atomic E-state index is 14.7. The first-order valence-electron chi connectivity index (χ1n) is 44.6. The zero-order valence-electron chi connectivity index (χ0n) is 70.1. The van der Waals surface area contributed by atoms with Crippen molar-refractivity contribution in [3.63, 3.8) is 0 Å². The third kappa shape index (κ3) is 62.9. The van der Waals surface area contributed by atoms with E-state index in [1.54, 1.807) is 0 Å². The summed E-state index contributed by atoms with van der Waals surface area (Å²) in [7, 11) is -5.46. The van der Waals surface area contributed by atoms with E-state index >= 15 is 0 Å². The fraction of sp³-hybridized carbons (Fsp3) is 0.930. The van der Waals surface area contributed by atoms with E-state index < -0.39 is 99.5 Å². The van der Waals surface area contributed by atoms with Crippen LogP contribution in [0.25, 0.3) is 0 Å². The van der Waals surface area contributed by atoms with Gasteiger partial charge >= 0.3 is 31.7 Å². The Bertz CT molecular complexity index is 2130. The molecule has 0 aromatic rings. The molecule has 0 radical (unpaired) electrons. The molecular weight excluding hydrogens is 1380 g/mol. The second kappa shape index (κ2) is 74.2. The number of carbonyl (C=O) groups excluding carboxylic acids is 6. The van der Waals surface area contributed by atoms with Gasteiger partial charge in [0.25, 0.3) is 0 Å². The van der Waals surface area contributed by atoms with Crippen molar-refractivity contribution in [1.29, 1.82) is 0 Å². The zero-order valence-corrected chi connectivity index (χ0v) is 71.0. The molecule has 107 heavy (non-hydrogen) atoms. The number of hydrogen-bond donors (Lipinski definition) is 5. The Hall–Kier alpha value is -3.23. The van der Waals surface area contributed by atoms with E-state index in [-0.39, 0.29) is 51.2 Å². The smallest absolute Gasteiger partial charge is 0.462 e. The number of amides is 2. The normalized spacial score (nSPS) is 16.7. The van der Waals surface area contributed by atoms with Crippen LogP contribution in [0.15, 0.2) is 0 Å². The summed E-state index contributed by atoms with van der Waals surface area (Å²) in [6.45, 7) is 22.0. The van der Waals surface area contributed by atoms with Gasteiger partial charge in [0.15, 0.2) is 12.4 Å². The quantitative estimate of drug-likeness (QED) is 0.0164. The Labute approximate surface area is 653 Å². The number of phosphoric ester groups is 1. The molecule has 0 aromatic heterocycles. The minimum atomic E-state index is -5.46. The SMILES string of the molecule is CCCCCCCCCCC[C@H](CC(=O)NCCO[C@@H]1O[C@H](CO)[C@@H](OP(=O)(O)O)[C@H](OC(=O)C[C@@H](CCCCCCCCCCC)OC(=O)CCCCCCCCC)[C@H]1NC(=O)C[C@@H](CCCCCCCCCCC)OC(=O)CCCCCCCCC)OC(=O)CCCCCCCCC.CCN(CC)CC. The van der Waals surface area contributed by atoms with Crippen LogP contribution in [0.1, 0.15) is 428 Å². The number of aliphatic hydroxyl groups excluding tert-OH is 1. The van der Waals surface area contributed by atoms with Crippen molar-refractivity contribution in [3.8, 4) is 0 Å². The molecule has 0 saturated carbocycles. The van der Waals surface area contributed by atoms with Crippen LogP contribution in [0, 0.1) is 0 Å². The van der Waals surface area contributed by atoms with Crippen LogP contribution >= 0.6 is 7.82 Å². The Kier molecular flexibility index (Phi) is 72.0. The molecule has 0 aliphatic carbocycles. The zero-order chi connectivity index (χ0) is 79.1. The molecule has 1 aliphatic heterocycles. The highest BCUT2D eigenvalue weighted by atomic mass is 31.2. The van der Waals surface area contributed by atoms with E-state index in [2.05, 4.69) is 77.8 Å². The molecule has 1 heterocycles. The first-order chi connectivity index (χ1) is 51.9. The summed E-state index contributed by atoms with van der Waals surface area (Å²) in [4.78, 5) is 107. The Balaban J connectivity index is 0.0000152.